The quantitative estimate of drug-likeness (QED) is 0.565. The van der Waals surface area contributed by atoms with Gasteiger partial charge in [-0.3, -0.25) is 0 Å². The van der Waals surface area contributed by atoms with Crippen molar-refractivity contribution in [3.8, 4) is 5.75 Å². The molecular formula is C18H19FN2O4. The molecule has 0 heterocycles. The molecule has 0 aliphatic heterocycles. The number of nitrogens with one attached hydrogen (secondary N) is 1. The van der Waals surface area contributed by atoms with Crippen molar-refractivity contribution in [1.82, 2.24) is 5.32 Å². The van der Waals surface area contributed by atoms with Gasteiger partial charge < -0.3 is 20.5 Å². The van der Waals surface area contributed by atoms with Gasteiger partial charge in [-0.15, -0.1) is 0 Å². The minimum Gasteiger partial charge on any atom is -0.490 e. The second kappa shape index (κ2) is 9.27. The number of halogens is 1. The summed E-state index contributed by atoms with van der Waals surface area (Å²) in [7, 11) is 0. The first-order chi connectivity index (χ1) is 12.0. The lowest BCUT2D eigenvalue weighted by Gasteiger charge is -2.16. The molecule has 3 N–H and O–H groups in total. The monoisotopic (exact) mass is 346 g/mol. The van der Waals surface area contributed by atoms with Crippen LogP contribution in [-0.4, -0.2) is 31.3 Å². The van der Waals surface area contributed by atoms with Crippen LogP contribution in [-0.2, 0) is 16.0 Å². The number of amides is 2. The fourth-order valence-corrected chi connectivity index (χ4v) is 2.15. The Morgan fingerprint density at radius 1 is 1.04 bits per heavy atom. The van der Waals surface area contributed by atoms with Crippen molar-refractivity contribution < 1.29 is 23.5 Å². The fraction of sp³-hybridized carbons (Fsp3) is 0.222. The van der Waals surface area contributed by atoms with Crippen molar-refractivity contribution in [3.05, 3.63) is 66.0 Å². The van der Waals surface area contributed by atoms with Gasteiger partial charge in [0, 0.05) is 6.42 Å². The third-order valence-electron chi connectivity index (χ3n) is 3.29. The largest absolute Gasteiger partial charge is 0.490 e. The molecular weight excluding hydrogens is 327 g/mol. The van der Waals surface area contributed by atoms with Crippen LogP contribution in [0.2, 0.25) is 0 Å². The van der Waals surface area contributed by atoms with E-state index in [1.165, 1.54) is 24.3 Å². The summed E-state index contributed by atoms with van der Waals surface area (Å²) in [6, 6.07) is 13.0. The third-order valence-corrected chi connectivity index (χ3v) is 3.29. The van der Waals surface area contributed by atoms with Crippen molar-refractivity contribution in [1.29, 1.82) is 0 Å². The second-order valence-corrected chi connectivity index (χ2v) is 5.22. The highest BCUT2D eigenvalue weighted by atomic mass is 19.1. The number of nitrogens with two attached hydrogens (primary N) is 1. The first kappa shape index (κ1) is 18.3. The Morgan fingerprint density at radius 3 is 2.36 bits per heavy atom. The van der Waals surface area contributed by atoms with Crippen LogP contribution in [0.1, 0.15) is 5.56 Å². The molecule has 0 fully saturated rings. The zero-order valence-corrected chi connectivity index (χ0v) is 13.5. The number of hydrogen-bond acceptors (Lipinski definition) is 4. The van der Waals surface area contributed by atoms with E-state index in [0.717, 1.165) is 5.56 Å². The Labute approximate surface area is 144 Å². The van der Waals surface area contributed by atoms with Crippen LogP contribution in [0.5, 0.6) is 5.75 Å². The maximum atomic E-state index is 12.8. The van der Waals surface area contributed by atoms with Crippen LogP contribution in [0.25, 0.3) is 0 Å². The Balaban J connectivity index is 1.82. The van der Waals surface area contributed by atoms with Crippen molar-refractivity contribution in [2.24, 2.45) is 5.73 Å². The molecule has 0 aromatic heterocycles. The smallest absolute Gasteiger partial charge is 0.329 e. The Morgan fingerprint density at radius 2 is 1.72 bits per heavy atom. The number of ether oxygens (including phenoxy) is 2. The molecule has 0 aliphatic rings. The molecule has 1 unspecified atom stereocenters. The number of benzene rings is 2. The number of urea groups is 1. The SMILES string of the molecule is NC(=O)NC(Cc1ccccc1)C(=O)OCCOc1ccc(F)cc1. The van der Waals surface area contributed by atoms with Crippen LogP contribution >= 0.6 is 0 Å². The zero-order valence-electron chi connectivity index (χ0n) is 13.5. The Bertz CT molecular complexity index is 692. The summed E-state index contributed by atoms with van der Waals surface area (Å²) in [5, 5.41) is 2.37. The van der Waals surface area contributed by atoms with Gasteiger partial charge in [0.05, 0.1) is 0 Å². The van der Waals surface area contributed by atoms with E-state index in [-0.39, 0.29) is 25.5 Å². The lowest BCUT2D eigenvalue weighted by molar-refractivity contribution is -0.146. The molecule has 0 aliphatic carbocycles. The first-order valence-corrected chi connectivity index (χ1v) is 7.69. The highest BCUT2D eigenvalue weighted by Gasteiger charge is 2.21. The number of carbonyl (C=O) groups excluding carboxylic acids is 2. The molecule has 0 saturated heterocycles. The Kier molecular flexibility index (Phi) is 6.76. The number of hydrogen-bond donors (Lipinski definition) is 2. The molecule has 2 aromatic carbocycles. The van der Waals surface area contributed by atoms with Crippen LogP contribution in [0.3, 0.4) is 0 Å². The van der Waals surface area contributed by atoms with Crippen molar-refractivity contribution in [3.63, 3.8) is 0 Å². The van der Waals surface area contributed by atoms with E-state index in [4.69, 9.17) is 15.2 Å². The van der Waals surface area contributed by atoms with Crippen LogP contribution < -0.4 is 15.8 Å². The maximum absolute atomic E-state index is 12.8. The number of primary amides is 1. The van der Waals surface area contributed by atoms with Gasteiger partial charge in [0.2, 0.25) is 0 Å². The van der Waals surface area contributed by atoms with Gasteiger partial charge in [-0.2, -0.15) is 0 Å². The van der Waals surface area contributed by atoms with E-state index in [0.29, 0.717) is 5.75 Å². The molecule has 6 nitrogen and oxygen atoms in total. The van der Waals surface area contributed by atoms with Crippen molar-refractivity contribution in [2.75, 3.05) is 13.2 Å². The van der Waals surface area contributed by atoms with Gasteiger partial charge in [-0.25, -0.2) is 14.0 Å². The van der Waals surface area contributed by atoms with Crippen molar-refractivity contribution >= 4 is 12.0 Å². The van der Waals surface area contributed by atoms with E-state index < -0.39 is 18.0 Å². The zero-order chi connectivity index (χ0) is 18.1. The normalized spacial score (nSPS) is 11.4. The summed E-state index contributed by atoms with van der Waals surface area (Å²) in [5.41, 5.74) is 5.98. The van der Waals surface area contributed by atoms with Gasteiger partial charge >= 0.3 is 12.0 Å². The van der Waals surface area contributed by atoms with E-state index in [9.17, 15) is 14.0 Å². The first-order valence-electron chi connectivity index (χ1n) is 7.69. The summed E-state index contributed by atoms with van der Waals surface area (Å²) in [6.45, 7) is 0.0912. The number of carbonyl (C=O) groups is 2. The Hall–Kier alpha value is -3.09. The van der Waals surface area contributed by atoms with Gasteiger partial charge in [0.25, 0.3) is 0 Å². The van der Waals surface area contributed by atoms with Gasteiger partial charge in [-0.05, 0) is 29.8 Å². The summed E-state index contributed by atoms with van der Waals surface area (Å²) in [6.07, 6.45) is 0.265. The maximum Gasteiger partial charge on any atom is 0.329 e. The molecule has 0 bridgehead atoms. The minimum absolute atomic E-state index is 0.0120. The summed E-state index contributed by atoms with van der Waals surface area (Å²) >= 11 is 0. The molecule has 7 heteroatoms. The minimum atomic E-state index is -0.884. The average Bonchev–Trinajstić information content (AvgIpc) is 2.60. The summed E-state index contributed by atoms with van der Waals surface area (Å²) in [4.78, 5) is 23.2. The average molecular weight is 346 g/mol. The van der Waals surface area contributed by atoms with Gasteiger partial charge in [-0.1, -0.05) is 30.3 Å². The predicted molar refractivity (Wildman–Crippen MR) is 89.5 cm³/mol. The summed E-state index contributed by atoms with van der Waals surface area (Å²) in [5.74, 6) is -0.501. The molecule has 2 amide bonds. The van der Waals surface area contributed by atoms with E-state index in [2.05, 4.69) is 5.32 Å². The molecule has 2 aromatic rings. The van der Waals surface area contributed by atoms with E-state index in [1.54, 1.807) is 0 Å². The van der Waals surface area contributed by atoms with E-state index >= 15 is 0 Å². The lowest BCUT2D eigenvalue weighted by Crippen LogP contribution is -2.46. The van der Waals surface area contributed by atoms with Crippen LogP contribution in [0.4, 0.5) is 9.18 Å². The highest BCUT2D eigenvalue weighted by Crippen LogP contribution is 2.11. The summed E-state index contributed by atoms with van der Waals surface area (Å²) < 4.78 is 23.2. The predicted octanol–water partition coefficient (Wildman–Crippen LogP) is 2.03. The number of rotatable bonds is 8. The number of esters is 1. The highest BCUT2D eigenvalue weighted by molar-refractivity contribution is 5.83. The second-order valence-electron chi connectivity index (χ2n) is 5.22. The molecule has 132 valence electrons. The lowest BCUT2D eigenvalue weighted by atomic mass is 10.1. The molecule has 0 spiro atoms. The topological polar surface area (TPSA) is 90.7 Å². The van der Waals surface area contributed by atoms with Gasteiger partial charge in [0.15, 0.2) is 0 Å². The van der Waals surface area contributed by atoms with Crippen LogP contribution in [0.15, 0.2) is 54.6 Å². The third kappa shape index (κ3) is 6.50. The van der Waals surface area contributed by atoms with Gasteiger partial charge in [0.1, 0.15) is 30.8 Å². The molecule has 1 atom stereocenters. The van der Waals surface area contributed by atoms with E-state index in [1.807, 2.05) is 30.3 Å². The fourth-order valence-electron chi connectivity index (χ4n) is 2.15. The molecule has 0 radical (unpaired) electrons. The van der Waals surface area contributed by atoms with Crippen LogP contribution in [0, 0.1) is 5.82 Å². The molecule has 25 heavy (non-hydrogen) atoms. The van der Waals surface area contributed by atoms with Crippen molar-refractivity contribution in [2.45, 2.75) is 12.5 Å². The molecule has 2 rings (SSSR count). The molecule has 0 saturated carbocycles. The standard InChI is InChI=1S/C18H19FN2O4/c19-14-6-8-15(9-7-14)24-10-11-25-17(22)16(21-18(20)23)12-13-4-2-1-3-5-13/h1-9,16H,10-12H2,(H3,20,21,23).